The summed E-state index contributed by atoms with van der Waals surface area (Å²) in [6.45, 7) is 8.79. The topological polar surface area (TPSA) is 50.4 Å². The van der Waals surface area contributed by atoms with Crippen LogP contribution in [0.2, 0.25) is 0 Å². The molecule has 2 fully saturated rings. The molecule has 4 unspecified atom stereocenters. The summed E-state index contributed by atoms with van der Waals surface area (Å²) in [4.78, 5) is 11.8. The summed E-state index contributed by atoms with van der Waals surface area (Å²) in [7, 11) is 0. The number of nitrogens with one attached hydrogen (secondary N) is 2. The fourth-order valence-electron chi connectivity index (χ4n) is 3.86. The molecule has 128 valence electrons. The molecule has 4 atom stereocenters. The fraction of sp³-hybridized carbons (Fsp3) is 0.944. The van der Waals surface area contributed by atoms with E-state index in [0.717, 1.165) is 12.5 Å². The van der Waals surface area contributed by atoms with Gasteiger partial charge in [-0.3, -0.25) is 0 Å². The summed E-state index contributed by atoms with van der Waals surface area (Å²) in [5, 5.41) is 6.85. The maximum Gasteiger partial charge on any atom is 0.407 e. The van der Waals surface area contributed by atoms with Crippen molar-refractivity contribution in [1.82, 2.24) is 10.6 Å². The first-order valence-electron chi connectivity index (χ1n) is 9.06. The normalized spacial score (nSPS) is 32.7. The minimum absolute atomic E-state index is 0.286. The van der Waals surface area contributed by atoms with Gasteiger partial charge in [-0.1, -0.05) is 19.8 Å². The summed E-state index contributed by atoms with van der Waals surface area (Å²) >= 11 is 0. The predicted molar refractivity (Wildman–Crippen MR) is 89.9 cm³/mol. The average molecular weight is 310 g/mol. The highest BCUT2D eigenvalue weighted by Gasteiger charge is 2.30. The van der Waals surface area contributed by atoms with E-state index < -0.39 is 5.60 Å². The molecule has 2 aliphatic rings. The molecular formula is C18H34N2O2. The van der Waals surface area contributed by atoms with Crippen molar-refractivity contribution in [3.05, 3.63) is 0 Å². The Morgan fingerprint density at radius 3 is 2.50 bits per heavy atom. The van der Waals surface area contributed by atoms with Crippen LogP contribution in [0.15, 0.2) is 0 Å². The van der Waals surface area contributed by atoms with Crippen molar-refractivity contribution < 1.29 is 9.53 Å². The van der Waals surface area contributed by atoms with Crippen LogP contribution in [0.25, 0.3) is 0 Å². The number of rotatable bonds is 4. The molecule has 22 heavy (non-hydrogen) atoms. The number of hydrogen-bond acceptors (Lipinski definition) is 3. The molecule has 0 aromatic rings. The maximum atomic E-state index is 11.8. The number of hydrogen-bond donors (Lipinski definition) is 2. The summed E-state index contributed by atoms with van der Waals surface area (Å²) in [5.74, 6) is 1.40. The molecule has 0 radical (unpaired) electrons. The van der Waals surface area contributed by atoms with Gasteiger partial charge in [0.25, 0.3) is 0 Å². The molecule has 0 aromatic heterocycles. The van der Waals surface area contributed by atoms with Crippen LogP contribution < -0.4 is 10.6 Å². The lowest BCUT2D eigenvalue weighted by Crippen LogP contribution is -2.47. The van der Waals surface area contributed by atoms with E-state index in [9.17, 15) is 4.79 Å². The van der Waals surface area contributed by atoms with Crippen LogP contribution in [0.5, 0.6) is 0 Å². The zero-order chi connectivity index (χ0) is 16.2. The molecule has 0 bridgehead atoms. The molecular weight excluding hydrogens is 276 g/mol. The van der Waals surface area contributed by atoms with E-state index in [1.807, 2.05) is 20.8 Å². The largest absolute Gasteiger partial charge is 0.444 e. The number of alkyl carbamates (subject to hydrolysis) is 1. The lowest BCUT2D eigenvalue weighted by atomic mass is 9.84. The van der Waals surface area contributed by atoms with Crippen LogP contribution in [-0.4, -0.2) is 30.3 Å². The number of ether oxygens (including phenoxy) is 1. The Morgan fingerprint density at radius 1 is 1.14 bits per heavy atom. The number of amides is 1. The molecule has 2 N–H and O–H groups in total. The third-order valence-corrected chi connectivity index (χ3v) is 4.96. The molecule has 2 rings (SSSR count). The third-order valence-electron chi connectivity index (χ3n) is 4.96. The van der Waals surface area contributed by atoms with Crippen molar-refractivity contribution in [1.29, 1.82) is 0 Å². The lowest BCUT2D eigenvalue weighted by Gasteiger charge is -2.34. The predicted octanol–water partition coefficient (Wildman–Crippen LogP) is 3.85. The van der Waals surface area contributed by atoms with E-state index in [1.165, 1.54) is 44.9 Å². The third kappa shape index (κ3) is 5.79. The van der Waals surface area contributed by atoms with Crippen molar-refractivity contribution >= 4 is 6.09 Å². The van der Waals surface area contributed by atoms with Gasteiger partial charge in [-0.15, -0.1) is 0 Å². The van der Waals surface area contributed by atoms with Gasteiger partial charge >= 0.3 is 6.09 Å². The van der Waals surface area contributed by atoms with E-state index in [1.54, 1.807) is 0 Å². The first-order valence-corrected chi connectivity index (χ1v) is 9.06. The zero-order valence-corrected chi connectivity index (χ0v) is 14.8. The quantitative estimate of drug-likeness (QED) is 0.829. The van der Waals surface area contributed by atoms with Gasteiger partial charge in [0.2, 0.25) is 0 Å². The Kier molecular flexibility index (Phi) is 6.13. The Balaban J connectivity index is 1.78. The van der Waals surface area contributed by atoms with Crippen LogP contribution in [0, 0.1) is 11.8 Å². The Morgan fingerprint density at radius 2 is 1.86 bits per heavy atom. The smallest absolute Gasteiger partial charge is 0.407 e. The molecule has 0 spiro atoms. The van der Waals surface area contributed by atoms with E-state index in [4.69, 9.17) is 4.74 Å². The SMILES string of the molecule is CC1CCC(NC2CCCCC2CNC(=O)OC(C)(C)C)C1. The van der Waals surface area contributed by atoms with E-state index in [2.05, 4.69) is 17.6 Å². The van der Waals surface area contributed by atoms with Gasteiger partial charge in [0.1, 0.15) is 5.60 Å². The summed E-state index contributed by atoms with van der Waals surface area (Å²) in [5.41, 5.74) is -0.422. The minimum Gasteiger partial charge on any atom is -0.444 e. The minimum atomic E-state index is -0.422. The van der Waals surface area contributed by atoms with Crippen LogP contribution >= 0.6 is 0 Å². The Bertz CT molecular complexity index is 365. The Hall–Kier alpha value is -0.770. The fourth-order valence-corrected chi connectivity index (χ4v) is 3.86. The van der Waals surface area contributed by atoms with Gasteiger partial charge in [-0.2, -0.15) is 0 Å². The van der Waals surface area contributed by atoms with Crippen molar-refractivity contribution in [3.63, 3.8) is 0 Å². The van der Waals surface area contributed by atoms with E-state index >= 15 is 0 Å². The molecule has 4 nitrogen and oxygen atoms in total. The van der Waals surface area contributed by atoms with E-state index in [-0.39, 0.29) is 6.09 Å². The maximum absolute atomic E-state index is 11.8. The second-order valence-electron chi connectivity index (χ2n) is 8.32. The van der Waals surface area contributed by atoms with Crippen molar-refractivity contribution in [2.75, 3.05) is 6.54 Å². The summed E-state index contributed by atoms with van der Waals surface area (Å²) in [6.07, 6.45) is 8.72. The summed E-state index contributed by atoms with van der Waals surface area (Å²) < 4.78 is 5.34. The molecule has 1 amide bonds. The van der Waals surface area contributed by atoms with Gasteiger partial charge in [-0.05, 0) is 64.7 Å². The number of carbonyl (C=O) groups is 1. The highest BCUT2D eigenvalue weighted by Crippen LogP contribution is 2.29. The van der Waals surface area contributed by atoms with Crippen LogP contribution in [0.3, 0.4) is 0 Å². The average Bonchev–Trinajstić information content (AvgIpc) is 2.81. The molecule has 0 heterocycles. The summed E-state index contributed by atoms with van der Waals surface area (Å²) in [6, 6.07) is 1.24. The standard InChI is InChI=1S/C18H34N2O2/c1-13-9-10-15(11-13)20-16-8-6-5-7-14(16)12-19-17(21)22-18(2,3)4/h13-16,20H,5-12H2,1-4H3,(H,19,21). The van der Waals surface area contributed by atoms with Crippen LogP contribution in [0.1, 0.15) is 72.6 Å². The van der Waals surface area contributed by atoms with Gasteiger partial charge < -0.3 is 15.4 Å². The van der Waals surface area contributed by atoms with Crippen molar-refractivity contribution in [3.8, 4) is 0 Å². The van der Waals surface area contributed by atoms with Gasteiger partial charge in [0.05, 0.1) is 0 Å². The van der Waals surface area contributed by atoms with Gasteiger partial charge in [0, 0.05) is 18.6 Å². The first kappa shape index (κ1) is 17.6. The number of carbonyl (C=O) groups excluding carboxylic acids is 1. The zero-order valence-electron chi connectivity index (χ0n) is 14.8. The lowest BCUT2D eigenvalue weighted by molar-refractivity contribution is 0.0510. The highest BCUT2D eigenvalue weighted by molar-refractivity contribution is 5.67. The highest BCUT2D eigenvalue weighted by atomic mass is 16.6. The Labute approximate surface area is 135 Å². The second-order valence-corrected chi connectivity index (χ2v) is 8.32. The monoisotopic (exact) mass is 310 g/mol. The first-order chi connectivity index (χ1) is 10.3. The second kappa shape index (κ2) is 7.67. The van der Waals surface area contributed by atoms with Crippen LogP contribution in [-0.2, 0) is 4.74 Å². The molecule has 0 aliphatic heterocycles. The van der Waals surface area contributed by atoms with E-state index in [0.29, 0.717) is 18.0 Å². The molecule has 0 saturated heterocycles. The van der Waals surface area contributed by atoms with Gasteiger partial charge in [0.15, 0.2) is 0 Å². The molecule has 2 saturated carbocycles. The molecule has 4 heteroatoms. The molecule has 0 aromatic carbocycles. The molecule has 2 aliphatic carbocycles. The van der Waals surface area contributed by atoms with Crippen molar-refractivity contribution in [2.24, 2.45) is 11.8 Å². The van der Waals surface area contributed by atoms with Gasteiger partial charge in [-0.25, -0.2) is 4.79 Å². The van der Waals surface area contributed by atoms with Crippen LogP contribution in [0.4, 0.5) is 4.79 Å². The van der Waals surface area contributed by atoms with Crippen molar-refractivity contribution in [2.45, 2.75) is 90.3 Å².